The van der Waals surface area contributed by atoms with E-state index in [1.807, 2.05) is 10.3 Å². The van der Waals surface area contributed by atoms with Gasteiger partial charge in [-0.25, -0.2) is 4.98 Å². The SMILES string of the molecule is CC1(C)CCN(C(=O)c2csc(CCN)n2)C1. The molecule has 2 N–H and O–H groups in total. The first kappa shape index (κ1) is 12.5. The largest absolute Gasteiger partial charge is 0.337 e. The molecule has 0 aromatic carbocycles. The highest BCUT2D eigenvalue weighted by Crippen LogP contribution is 2.29. The monoisotopic (exact) mass is 253 g/mol. The Morgan fingerprint density at radius 3 is 3.00 bits per heavy atom. The summed E-state index contributed by atoms with van der Waals surface area (Å²) in [6.45, 7) is 6.64. The van der Waals surface area contributed by atoms with Gasteiger partial charge in [0, 0.05) is 24.9 Å². The summed E-state index contributed by atoms with van der Waals surface area (Å²) in [5, 5.41) is 2.80. The molecule has 1 fully saturated rings. The highest BCUT2D eigenvalue weighted by Gasteiger charge is 2.33. The molecule has 0 atom stereocenters. The van der Waals surface area contributed by atoms with Crippen molar-refractivity contribution >= 4 is 17.2 Å². The Kier molecular flexibility index (Phi) is 3.49. The van der Waals surface area contributed by atoms with Crippen molar-refractivity contribution in [1.29, 1.82) is 0 Å². The van der Waals surface area contributed by atoms with E-state index >= 15 is 0 Å². The standard InChI is InChI=1S/C12H19N3OS/c1-12(2)4-6-15(8-12)11(16)9-7-17-10(14-9)3-5-13/h7H,3-6,8,13H2,1-2H3. The van der Waals surface area contributed by atoms with Gasteiger partial charge in [-0.05, 0) is 18.4 Å². The summed E-state index contributed by atoms with van der Waals surface area (Å²) < 4.78 is 0. The lowest BCUT2D eigenvalue weighted by atomic mass is 9.93. The van der Waals surface area contributed by atoms with Gasteiger partial charge in [-0.3, -0.25) is 4.79 Å². The van der Waals surface area contributed by atoms with Crippen LogP contribution in [0.25, 0.3) is 0 Å². The first-order chi connectivity index (χ1) is 8.02. The van der Waals surface area contributed by atoms with E-state index in [-0.39, 0.29) is 11.3 Å². The van der Waals surface area contributed by atoms with Crippen LogP contribution in [0.3, 0.4) is 0 Å². The van der Waals surface area contributed by atoms with E-state index < -0.39 is 0 Å². The fraction of sp³-hybridized carbons (Fsp3) is 0.667. The number of hydrogen-bond donors (Lipinski definition) is 1. The number of amides is 1. The van der Waals surface area contributed by atoms with Crippen LogP contribution in [0.5, 0.6) is 0 Å². The van der Waals surface area contributed by atoms with E-state index in [4.69, 9.17) is 5.73 Å². The Hall–Kier alpha value is -0.940. The second-order valence-corrected chi connectivity index (χ2v) is 6.25. The number of carbonyl (C=O) groups excluding carboxylic acids is 1. The van der Waals surface area contributed by atoms with Crippen LogP contribution in [-0.2, 0) is 6.42 Å². The summed E-state index contributed by atoms with van der Waals surface area (Å²) in [6, 6.07) is 0. The minimum Gasteiger partial charge on any atom is -0.337 e. The summed E-state index contributed by atoms with van der Waals surface area (Å²) in [4.78, 5) is 18.4. The molecule has 1 amide bonds. The average molecular weight is 253 g/mol. The molecule has 1 aromatic rings. The second-order valence-electron chi connectivity index (χ2n) is 5.31. The van der Waals surface area contributed by atoms with Gasteiger partial charge in [0.15, 0.2) is 0 Å². The molecule has 0 radical (unpaired) electrons. The number of carbonyl (C=O) groups is 1. The van der Waals surface area contributed by atoms with Gasteiger partial charge < -0.3 is 10.6 Å². The van der Waals surface area contributed by atoms with E-state index in [2.05, 4.69) is 18.8 Å². The van der Waals surface area contributed by atoms with Gasteiger partial charge in [-0.2, -0.15) is 0 Å². The molecule has 0 spiro atoms. The zero-order chi connectivity index (χ0) is 12.5. The Morgan fingerprint density at radius 1 is 1.65 bits per heavy atom. The Labute approximate surface area is 106 Å². The average Bonchev–Trinajstić information content (AvgIpc) is 2.85. The molecule has 2 rings (SSSR count). The summed E-state index contributed by atoms with van der Waals surface area (Å²) in [5.41, 5.74) is 6.30. The maximum absolute atomic E-state index is 12.2. The molecule has 4 nitrogen and oxygen atoms in total. The van der Waals surface area contributed by atoms with Crippen molar-refractivity contribution in [1.82, 2.24) is 9.88 Å². The van der Waals surface area contributed by atoms with E-state index in [9.17, 15) is 4.79 Å². The predicted molar refractivity (Wildman–Crippen MR) is 69.2 cm³/mol. The number of nitrogens with two attached hydrogens (primary N) is 1. The third-order valence-electron chi connectivity index (χ3n) is 3.09. The molecule has 1 aliphatic rings. The van der Waals surface area contributed by atoms with Crippen LogP contribution in [-0.4, -0.2) is 35.4 Å². The first-order valence-electron chi connectivity index (χ1n) is 5.95. The topological polar surface area (TPSA) is 59.2 Å². The quantitative estimate of drug-likeness (QED) is 0.888. The van der Waals surface area contributed by atoms with Crippen LogP contribution in [0, 0.1) is 5.41 Å². The molecule has 94 valence electrons. The third-order valence-corrected chi connectivity index (χ3v) is 4.00. The fourth-order valence-electron chi connectivity index (χ4n) is 2.10. The van der Waals surface area contributed by atoms with Crippen molar-refractivity contribution in [3.05, 3.63) is 16.1 Å². The molecule has 17 heavy (non-hydrogen) atoms. The van der Waals surface area contributed by atoms with Crippen molar-refractivity contribution < 1.29 is 4.79 Å². The molecule has 2 heterocycles. The Balaban J connectivity index is 2.04. The zero-order valence-corrected chi connectivity index (χ0v) is 11.2. The first-order valence-corrected chi connectivity index (χ1v) is 6.83. The normalized spacial score (nSPS) is 18.6. The minimum atomic E-state index is 0.0649. The predicted octanol–water partition coefficient (Wildman–Crippen LogP) is 1.52. The van der Waals surface area contributed by atoms with Crippen molar-refractivity contribution in [2.45, 2.75) is 26.7 Å². The van der Waals surface area contributed by atoms with Crippen molar-refractivity contribution in [2.24, 2.45) is 11.1 Å². The highest BCUT2D eigenvalue weighted by atomic mass is 32.1. The number of aromatic nitrogens is 1. The van der Waals surface area contributed by atoms with E-state index in [0.29, 0.717) is 12.2 Å². The number of hydrogen-bond acceptors (Lipinski definition) is 4. The van der Waals surface area contributed by atoms with Crippen LogP contribution >= 0.6 is 11.3 Å². The van der Waals surface area contributed by atoms with Gasteiger partial charge in [0.25, 0.3) is 5.91 Å². The Morgan fingerprint density at radius 2 is 2.41 bits per heavy atom. The smallest absolute Gasteiger partial charge is 0.273 e. The number of likely N-dealkylation sites (tertiary alicyclic amines) is 1. The van der Waals surface area contributed by atoms with Crippen LogP contribution in [0.15, 0.2) is 5.38 Å². The van der Waals surface area contributed by atoms with Gasteiger partial charge in [0.2, 0.25) is 0 Å². The second kappa shape index (κ2) is 4.74. The summed E-state index contributed by atoms with van der Waals surface area (Å²) in [7, 11) is 0. The summed E-state index contributed by atoms with van der Waals surface area (Å²) >= 11 is 1.52. The lowest BCUT2D eigenvalue weighted by molar-refractivity contribution is 0.0773. The molecule has 0 aliphatic carbocycles. The van der Waals surface area contributed by atoms with Crippen molar-refractivity contribution in [3.8, 4) is 0 Å². The van der Waals surface area contributed by atoms with Gasteiger partial charge in [0.1, 0.15) is 5.69 Å². The number of thiazole rings is 1. The van der Waals surface area contributed by atoms with Crippen molar-refractivity contribution in [2.75, 3.05) is 19.6 Å². The van der Waals surface area contributed by atoms with Gasteiger partial charge in [-0.1, -0.05) is 13.8 Å². The molecule has 1 aromatic heterocycles. The molecule has 0 bridgehead atoms. The molecule has 0 unspecified atom stereocenters. The minimum absolute atomic E-state index is 0.0649. The molecular weight excluding hydrogens is 234 g/mol. The van der Waals surface area contributed by atoms with E-state index in [0.717, 1.165) is 30.9 Å². The maximum atomic E-state index is 12.2. The van der Waals surface area contributed by atoms with Gasteiger partial charge >= 0.3 is 0 Å². The Bertz CT molecular complexity index is 414. The van der Waals surface area contributed by atoms with E-state index in [1.54, 1.807) is 0 Å². The lowest BCUT2D eigenvalue weighted by Crippen LogP contribution is -2.30. The highest BCUT2D eigenvalue weighted by molar-refractivity contribution is 7.09. The molecule has 1 saturated heterocycles. The molecular formula is C12H19N3OS. The lowest BCUT2D eigenvalue weighted by Gasteiger charge is -2.18. The molecule has 1 aliphatic heterocycles. The molecule has 0 saturated carbocycles. The van der Waals surface area contributed by atoms with Gasteiger partial charge in [-0.15, -0.1) is 11.3 Å². The zero-order valence-electron chi connectivity index (χ0n) is 10.4. The van der Waals surface area contributed by atoms with Crippen LogP contribution in [0.1, 0.15) is 35.8 Å². The molecule has 5 heteroatoms. The maximum Gasteiger partial charge on any atom is 0.273 e. The summed E-state index contributed by atoms with van der Waals surface area (Å²) in [6.07, 6.45) is 1.82. The third kappa shape index (κ3) is 2.84. The van der Waals surface area contributed by atoms with Gasteiger partial charge in [0.05, 0.1) is 5.01 Å². The van der Waals surface area contributed by atoms with Crippen LogP contribution in [0.4, 0.5) is 0 Å². The van der Waals surface area contributed by atoms with Crippen LogP contribution in [0.2, 0.25) is 0 Å². The number of nitrogens with zero attached hydrogens (tertiary/aromatic N) is 2. The van der Waals surface area contributed by atoms with Crippen molar-refractivity contribution in [3.63, 3.8) is 0 Å². The van der Waals surface area contributed by atoms with E-state index in [1.165, 1.54) is 11.3 Å². The summed E-state index contributed by atoms with van der Waals surface area (Å²) in [5.74, 6) is 0.0649. The fourth-order valence-corrected chi connectivity index (χ4v) is 2.88. The van der Waals surface area contributed by atoms with Crippen LogP contribution < -0.4 is 5.73 Å². The number of rotatable bonds is 3.